The molecule has 2 atom stereocenters. The fraction of sp³-hybridized carbons (Fsp3) is 0.438. The summed E-state index contributed by atoms with van der Waals surface area (Å²) in [6, 6.07) is -2.69. The number of hydrogen-bond donors (Lipinski definition) is 4. The van der Waals surface area contributed by atoms with E-state index in [-0.39, 0.29) is 21.7 Å². The van der Waals surface area contributed by atoms with E-state index in [0.717, 1.165) is 16.1 Å². The third kappa shape index (κ3) is 5.13. The van der Waals surface area contributed by atoms with E-state index in [2.05, 4.69) is 25.7 Å². The van der Waals surface area contributed by atoms with Gasteiger partial charge < -0.3 is 21.0 Å². The van der Waals surface area contributed by atoms with E-state index in [0.29, 0.717) is 5.69 Å². The smallest absolute Gasteiger partial charge is 0.362 e. The maximum atomic E-state index is 13.0. The number of nitrogen functional groups attached to an aromatic ring is 1. The van der Waals surface area contributed by atoms with Gasteiger partial charge in [0.15, 0.2) is 10.8 Å². The van der Waals surface area contributed by atoms with Crippen molar-refractivity contribution in [3.8, 4) is 0 Å². The number of anilines is 1. The maximum absolute atomic E-state index is 13.0. The van der Waals surface area contributed by atoms with Gasteiger partial charge in [-0.1, -0.05) is 5.16 Å². The number of aromatic nitrogens is 4. The molecular formula is C16H20N8O8S2. The van der Waals surface area contributed by atoms with Crippen molar-refractivity contribution in [1.82, 2.24) is 29.6 Å². The van der Waals surface area contributed by atoms with E-state index in [1.54, 1.807) is 6.92 Å². The molecule has 18 heteroatoms. The second kappa shape index (κ2) is 8.95. The first-order valence-corrected chi connectivity index (χ1v) is 11.7. The summed E-state index contributed by atoms with van der Waals surface area (Å²) >= 11 is 0.964. The summed E-state index contributed by atoms with van der Waals surface area (Å²) in [4.78, 5) is 46.7. The van der Waals surface area contributed by atoms with Crippen LogP contribution >= 0.6 is 11.3 Å². The lowest BCUT2D eigenvalue weighted by atomic mass is 9.98. The van der Waals surface area contributed by atoms with Crippen molar-refractivity contribution in [3.63, 3.8) is 0 Å². The molecule has 5 N–H and O–H groups in total. The van der Waals surface area contributed by atoms with E-state index in [4.69, 9.17) is 10.6 Å². The zero-order valence-electron chi connectivity index (χ0n) is 17.9. The van der Waals surface area contributed by atoms with E-state index in [1.807, 2.05) is 0 Å². The number of carboxylic acids is 1. The minimum Gasteiger partial charge on any atom is -0.478 e. The number of nitrogens with one attached hydrogen (secondary N) is 1. The van der Waals surface area contributed by atoms with Gasteiger partial charge in [0.2, 0.25) is 5.60 Å². The van der Waals surface area contributed by atoms with Gasteiger partial charge in [0.1, 0.15) is 17.8 Å². The SMILES string of the molecule is Cc1cnn(C[C@@H]2[C@H](NC(=O)/C(=N\OC(C)(C)C(=O)O)c3csc(N)n3)C(=O)N2S(=O)(=O)O)n1. The van der Waals surface area contributed by atoms with Crippen LogP contribution in [0.15, 0.2) is 16.7 Å². The molecule has 3 rings (SSSR count). The zero-order chi connectivity index (χ0) is 25.4. The van der Waals surface area contributed by atoms with Crippen LogP contribution in [0.2, 0.25) is 0 Å². The van der Waals surface area contributed by atoms with Crippen molar-refractivity contribution in [2.75, 3.05) is 5.73 Å². The van der Waals surface area contributed by atoms with E-state index < -0.39 is 51.5 Å². The largest absolute Gasteiger partial charge is 0.478 e. The van der Waals surface area contributed by atoms with Gasteiger partial charge in [-0.2, -0.15) is 23.4 Å². The van der Waals surface area contributed by atoms with Crippen LogP contribution in [0, 0.1) is 6.92 Å². The number of β-lactam (4-membered cyclic amide) rings is 1. The number of thiazole rings is 1. The number of aryl methyl sites for hydroxylation is 1. The van der Waals surface area contributed by atoms with Crippen molar-refractivity contribution in [1.29, 1.82) is 0 Å². The summed E-state index contributed by atoms with van der Waals surface area (Å²) in [5.41, 5.74) is 3.72. The number of rotatable bonds is 9. The average Bonchev–Trinajstić information content (AvgIpc) is 3.32. The highest BCUT2D eigenvalue weighted by atomic mass is 32.2. The van der Waals surface area contributed by atoms with Crippen LogP contribution in [0.3, 0.4) is 0 Å². The molecule has 1 fully saturated rings. The number of nitrogens with zero attached hydrogens (tertiary/aromatic N) is 6. The van der Waals surface area contributed by atoms with Gasteiger partial charge in [-0.15, -0.1) is 11.3 Å². The molecule has 2 aromatic heterocycles. The minimum atomic E-state index is -4.94. The second-order valence-electron chi connectivity index (χ2n) is 7.59. The Bertz CT molecular complexity index is 1270. The van der Waals surface area contributed by atoms with Crippen molar-refractivity contribution in [2.45, 2.75) is 45.0 Å². The average molecular weight is 517 g/mol. The number of carboxylic acid groups (broad SMARTS) is 1. The first kappa shape index (κ1) is 25.0. The van der Waals surface area contributed by atoms with Crippen molar-refractivity contribution >= 4 is 50.3 Å². The first-order valence-electron chi connectivity index (χ1n) is 9.40. The molecule has 2 aromatic rings. The van der Waals surface area contributed by atoms with Crippen LogP contribution in [0.25, 0.3) is 0 Å². The number of aliphatic carboxylic acids is 1. The quantitative estimate of drug-likeness (QED) is 0.128. The van der Waals surface area contributed by atoms with E-state index in [1.165, 1.54) is 25.4 Å². The number of nitrogens with two attached hydrogens (primary N) is 1. The monoisotopic (exact) mass is 516 g/mol. The molecule has 0 spiro atoms. The summed E-state index contributed by atoms with van der Waals surface area (Å²) in [6.07, 6.45) is 1.39. The molecule has 0 bridgehead atoms. The van der Waals surface area contributed by atoms with Gasteiger partial charge in [-0.25, -0.2) is 14.1 Å². The van der Waals surface area contributed by atoms with Gasteiger partial charge in [-0.3, -0.25) is 14.1 Å². The standard InChI is InChI=1S/C16H20N8O8S2/c1-7-4-18-23(21-7)5-9-11(13(26)24(9)34(29,30)31)20-12(25)10(8-6-33-15(17)19-8)22-32-16(2,3)14(27)28/h4,6,9,11H,5H2,1-3H3,(H2,17,19)(H,20,25)(H,27,28)(H,29,30,31)/b22-10-/t9-,11+/m1/s1. The molecule has 0 unspecified atom stereocenters. The van der Waals surface area contributed by atoms with Crippen LogP contribution in [0.1, 0.15) is 25.2 Å². The van der Waals surface area contributed by atoms with Gasteiger partial charge in [-0.05, 0) is 20.8 Å². The molecule has 0 radical (unpaired) electrons. The number of hydrogen-bond acceptors (Lipinski definition) is 12. The van der Waals surface area contributed by atoms with E-state index in [9.17, 15) is 32.5 Å². The molecule has 3 heterocycles. The molecule has 0 aromatic carbocycles. The number of carbonyl (C=O) groups excluding carboxylic acids is 2. The van der Waals surface area contributed by atoms with Gasteiger partial charge in [0.25, 0.3) is 11.8 Å². The molecule has 34 heavy (non-hydrogen) atoms. The van der Waals surface area contributed by atoms with Crippen molar-refractivity contribution < 1.29 is 37.3 Å². The Kier molecular flexibility index (Phi) is 6.58. The lowest BCUT2D eigenvalue weighted by Gasteiger charge is -2.43. The number of amides is 2. The molecule has 2 amide bonds. The Morgan fingerprint density at radius 1 is 1.41 bits per heavy atom. The molecule has 1 aliphatic heterocycles. The van der Waals surface area contributed by atoms with Crippen LogP contribution in [-0.2, 0) is 36.1 Å². The third-order valence-corrected chi connectivity index (χ3v) is 6.19. The summed E-state index contributed by atoms with van der Waals surface area (Å²) in [5, 5.41) is 24.5. The van der Waals surface area contributed by atoms with Gasteiger partial charge in [0, 0.05) is 5.38 Å². The summed E-state index contributed by atoms with van der Waals surface area (Å²) in [6.45, 7) is 3.75. The zero-order valence-corrected chi connectivity index (χ0v) is 19.6. The summed E-state index contributed by atoms with van der Waals surface area (Å²) in [5.74, 6) is -3.52. The van der Waals surface area contributed by atoms with Crippen LogP contribution in [0.5, 0.6) is 0 Å². The van der Waals surface area contributed by atoms with E-state index >= 15 is 0 Å². The Morgan fingerprint density at radius 3 is 2.59 bits per heavy atom. The molecule has 184 valence electrons. The maximum Gasteiger partial charge on any atom is 0.362 e. The highest BCUT2D eigenvalue weighted by molar-refractivity contribution is 7.84. The Labute approximate surface area is 196 Å². The van der Waals surface area contributed by atoms with Crippen LogP contribution in [0.4, 0.5) is 5.13 Å². The lowest BCUT2D eigenvalue weighted by molar-refractivity contribution is -0.161. The lowest BCUT2D eigenvalue weighted by Crippen LogP contribution is -2.73. The fourth-order valence-electron chi connectivity index (χ4n) is 2.79. The Morgan fingerprint density at radius 2 is 2.09 bits per heavy atom. The predicted molar refractivity (Wildman–Crippen MR) is 115 cm³/mol. The van der Waals surface area contributed by atoms with Crippen molar-refractivity contribution in [2.24, 2.45) is 5.16 Å². The fourth-order valence-corrected chi connectivity index (χ4v) is 4.21. The predicted octanol–water partition coefficient (Wildman–Crippen LogP) is -1.59. The first-order chi connectivity index (χ1) is 15.7. The van der Waals surface area contributed by atoms with Gasteiger partial charge in [0.05, 0.1) is 18.4 Å². The molecule has 0 aliphatic carbocycles. The minimum absolute atomic E-state index is 0.0690. The summed E-state index contributed by atoms with van der Waals surface area (Å²) in [7, 11) is -4.94. The molecule has 16 nitrogen and oxygen atoms in total. The Balaban J connectivity index is 1.89. The van der Waals surface area contributed by atoms with Crippen LogP contribution in [-0.4, -0.2) is 83.5 Å². The topological polar surface area (TPSA) is 232 Å². The summed E-state index contributed by atoms with van der Waals surface area (Å²) < 4.78 is 33.0. The highest BCUT2D eigenvalue weighted by Gasteiger charge is 2.54. The number of carbonyl (C=O) groups is 3. The normalized spacial score (nSPS) is 19.0. The highest BCUT2D eigenvalue weighted by Crippen LogP contribution is 2.25. The molecule has 1 saturated heterocycles. The van der Waals surface area contributed by atoms with Gasteiger partial charge >= 0.3 is 16.3 Å². The number of oxime groups is 1. The molecule has 1 aliphatic rings. The van der Waals surface area contributed by atoms with Crippen LogP contribution < -0.4 is 11.1 Å². The molecule has 0 saturated carbocycles. The molecular weight excluding hydrogens is 496 g/mol. The third-order valence-electron chi connectivity index (χ3n) is 4.57. The van der Waals surface area contributed by atoms with Crippen molar-refractivity contribution in [3.05, 3.63) is 23.0 Å². The Hall–Kier alpha value is -3.64. The second-order valence-corrected chi connectivity index (χ2v) is 9.77.